The number of hydrogen-bond donors (Lipinski definition) is 2. The number of carbonyl (C=O) groups excluding carboxylic acids is 1. The van der Waals surface area contributed by atoms with Crippen LogP contribution in [0.4, 0.5) is 13.2 Å². The van der Waals surface area contributed by atoms with Crippen LogP contribution in [0.25, 0.3) is 11.4 Å². The Hall–Kier alpha value is -2.13. The van der Waals surface area contributed by atoms with Gasteiger partial charge in [-0.1, -0.05) is 17.3 Å². The first-order chi connectivity index (χ1) is 10.9. The number of aromatic nitrogens is 2. The van der Waals surface area contributed by atoms with E-state index in [-0.39, 0.29) is 24.1 Å². The highest BCUT2D eigenvalue weighted by Gasteiger charge is 2.38. The SMILES string of the molecule is Cl.O=C(NCC1CNC1)c1ccc(-c2noc(C(F)(F)F)n2)cc1. The molecule has 0 bridgehead atoms. The van der Waals surface area contributed by atoms with Gasteiger partial charge >= 0.3 is 12.1 Å². The van der Waals surface area contributed by atoms with Crippen molar-refractivity contribution in [3.8, 4) is 11.4 Å². The van der Waals surface area contributed by atoms with E-state index in [0.29, 0.717) is 23.6 Å². The number of hydrogen-bond acceptors (Lipinski definition) is 5. The monoisotopic (exact) mass is 362 g/mol. The zero-order chi connectivity index (χ0) is 16.4. The fourth-order valence-corrected chi connectivity index (χ4v) is 2.06. The molecule has 0 atom stereocenters. The van der Waals surface area contributed by atoms with Crippen molar-refractivity contribution in [1.29, 1.82) is 0 Å². The van der Waals surface area contributed by atoms with Gasteiger partial charge in [-0.2, -0.15) is 18.2 Å². The fraction of sp³-hybridized carbons (Fsp3) is 0.357. The number of alkyl halides is 3. The Kier molecular flexibility index (Phi) is 5.45. The predicted molar refractivity (Wildman–Crippen MR) is 80.7 cm³/mol. The molecular weight excluding hydrogens is 349 g/mol. The van der Waals surface area contributed by atoms with Crippen LogP contribution in [0.2, 0.25) is 0 Å². The van der Waals surface area contributed by atoms with Crippen LogP contribution in [-0.4, -0.2) is 35.7 Å². The van der Waals surface area contributed by atoms with Crippen LogP contribution in [0, 0.1) is 5.92 Å². The van der Waals surface area contributed by atoms with Gasteiger partial charge in [0.1, 0.15) is 0 Å². The molecular formula is C14H14ClF3N4O2. The van der Waals surface area contributed by atoms with E-state index in [1.165, 1.54) is 24.3 Å². The molecule has 130 valence electrons. The minimum Gasteiger partial charge on any atom is -0.352 e. The topological polar surface area (TPSA) is 80.0 Å². The highest BCUT2D eigenvalue weighted by molar-refractivity contribution is 5.94. The summed E-state index contributed by atoms with van der Waals surface area (Å²) < 4.78 is 41.4. The largest absolute Gasteiger partial charge is 0.471 e. The van der Waals surface area contributed by atoms with E-state index in [1.54, 1.807) is 0 Å². The number of rotatable bonds is 4. The van der Waals surface area contributed by atoms with Gasteiger partial charge in [-0.3, -0.25) is 4.79 Å². The van der Waals surface area contributed by atoms with Gasteiger partial charge in [0.15, 0.2) is 0 Å². The molecule has 2 aromatic rings. The van der Waals surface area contributed by atoms with Gasteiger partial charge in [0.25, 0.3) is 5.91 Å². The minimum atomic E-state index is -4.68. The molecule has 1 amide bonds. The summed E-state index contributed by atoms with van der Waals surface area (Å²) in [6.45, 7) is 2.37. The Labute approximate surface area is 141 Å². The third-order valence-electron chi connectivity index (χ3n) is 3.49. The summed E-state index contributed by atoms with van der Waals surface area (Å²) in [6, 6.07) is 5.97. The maximum atomic E-state index is 12.4. The van der Waals surface area contributed by atoms with Crippen LogP contribution in [-0.2, 0) is 6.18 Å². The molecule has 6 nitrogen and oxygen atoms in total. The first-order valence-corrected chi connectivity index (χ1v) is 6.94. The van der Waals surface area contributed by atoms with E-state index in [2.05, 4.69) is 25.3 Å². The average molecular weight is 363 g/mol. The maximum Gasteiger partial charge on any atom is 0.471 e. The number of nitrogens with one attached hydrogen (secondary N) is 2. The summed E-state index contributed by atoms with van der Waals surface area (Å²) >= 11 is 0. The van der Waals surface area contributed by atoms with Crippen LogP contribution < -0.4 is 10.6 Å². The summed E-state index contributed by atoms with van der Waals surface area (Å²) in [5, 5.41) is 9.21. The van der Waals surface area contributed by atoms with Crippen molar-refractivity contribution in [2.75, 3.05) is 19.6 Å². The number of amides is 1. The molecule has 0 radical (unpaired) electrons. The van der Waals surface area contributed by atoms with Crippen molar-refractivity contribution in [3.63, 3.8) is 0 Å². The first-order valence-electron chi connectivity index (χ1n) is 6.94. The quantitative estimate of drug-likeness (QED) is 0.871. The molecule has 1 saturated heterocycles. The highest BCUT2D eigenvalue weighted by Crippen LogP contribution is 2.29. The first kappa shape index (κ1) is 18.2. The number of carbonyl (C=O) groups is 1. The maximum absolute atomic E-state index is 12.4. The zero-order valence-electron chi connectivity index (χ0n) is 12.3. The Morgan fingerprint density at radius 3 is 2.46 bits per heavy atom. The Bertz CT molecular complexity index is 699. The zero-order valence-corrected chi connectivity index (χ0v) is 13.1. The summed E-state index contributed by atoms with van der Waals surface area (Å²) in [7, 11) is 0. The second-order valence-corrected chi connectivity index (χ2v) is 5.23. The van der Waals surface area contributed by atoms with Crippen molar-refractivity contribution >= 4 is 18.3 Å². The molecule has 1 aliphatic rings. The Morgan fingerprint density at radius 2 is 1.96 bits per heavy atom. The molecule has 3 rings (SSSR count). The molecule has 1 aliphatic heterocycles. The molecule has 0 saturated carbocycles. The smallest absolute Gasteiger partial charge is 0.352 e. The molecule has 0 spiro atoms. The van der Waals surface area contributed by atoms with E-state index in [4.69, 9.17) is 0 Å². The number of benzene rings is 1. The van der Waals surface area contributed by atoms with Crippen molar-refractivity contribution in [2.24, 2.45) is 5.92 Å². The van der Waals surface area contributed by atoms with Gasteiger partial charge in [0, 0.05) is 36.7 Å². The summed E-state index contributed by atoms with van der Waals surface area (Å²) in [5.74, 6) is -1.36. The van der Waals surface area contributed by atoms with Gasteiger partial charge in [0.05, 0.1) is 0 Å². The van der Waals surface area contributed by atoms with Gasteiger partial charge in [-0.25, -0.2) is 0 Å². The van der Waals surface area contributed by atoms with Crippen molar-refractivity contribution < 1.29 is 22.5 Å². The lowest BCUT2D eigenvalue weighted by molar-refractivity contribution is -0.159. The number of nitrogens with zero attached hydrogens (tertiary/aromatic N) is 2. The Balaban J connectivity index is 0.00000208. The van der Waals surface area contributed by atoms with Crippen LogP contribution >= 0.6 is 12.4 Å². The van der Waals surface area contributed by atoms with Crippen molar-refractivity contribution in [3.05, 3.63) is 35.7 Å². The van der Waals surface area contributed by atoms with Crippen LogP contribution in [0.3, 0.4) is 0 Å². The lowest BCUT2D eigenvalue weighted by Crippen LogP contribution is -2.48. The second kappa shape index (κ2) is 7.18. The van der Waals surface area contributed by atoms with Crippen molar-refractivity contribution in [1.82, 2.24) is 20.8 Å². The van der Waals surface area contributed by atoms with Gasteiger partial charge < -0.3 is 15.2 Å². The molecule has 2 N–H and O–H groups in total. The van der Waals surface area contributed by atoms with Crippen molar-refractivity contribution in [2.45, 2.75) is 6.18 Å². The Morgan fingerprint density at radius 1 is 1.29 bits per heavy atom. The molecule has 0 unspecified atom stereocenters. The molecule has 1 fully saturated rings. The summed E-state index contributed by atoms with van der Waals surface area (Å²) in [4.78, 5) is 15.2. The van der Waals surface area contributed by atoms with Crippen LogP contribution in [0.1, 0.15) is 16.2 Å². The molecule has 24 heavy (non-hydrogen) atoms. The number of halogens is 4. The average Bonchev–Trinajstić information content (AvgIpc) is 2.95. The second-order valence-electron chi connectivity index (χ2n) is 5.23. The van der Waals surface area contributed by atoms with E-state index in [1.807, 2.05) is 0 Å². The van der Waals surface area contributed by atoms with Gasteiger partial charge in [-0.15, -0.1) is 12.4 Å². The van der Waals surface area contributed by atoms with E-state index in [9.17, 15) is 18.0 Å². The van der Waals surface area contributed by atoms with E-state index < -0.39 is 12.1 Å². The predicted octanol–water partition coefficient (Wildman–Crippen LogP) is 2.13. The fourth-order valence-electron chi connectivity index (χ4n) is 2.06. The molecule has 10 heteroatoms. The lowest BCUT2D eigenvalue weighted by atomic mass is 10.0. The van der Waals surface area contributed by atoms with Crippen LogP contribution in [0.15, 0.2) is 28.8 Å². The van der Waals surface area contributed by atoms with E-state index in [0.717, 1.165) is 13.1 Å². The van der Waals surface area contributed by atoms with E-state index >= 15 is 0 Å². The third-order valence-corrected chi connectivity index (χ3v) is 3.49. The molecule has 1 aromatic carbocycles. The third kappa shape index (κ3) is 4.04. The molecule has 0 aliphatic carbocycles. The van der Waals surface area contributed by atoms with Gasteiger partial charge in [0.2, 0.25) is 5.82 Å². The van der Waals surface area contributed by atoms with Gasteiger partial charge in [-0.05, 0) is 12.1 Å². The summed E-state index contributed by atoms with van der Waals surface area (Å²) in [6.07, 6.45) is -4.68. The minimum absolute atomic E-state index is 0. The lowest BCUT2D eigenvalue weighted by Gasteiger charge is -2.27. The summed E-state index contributed by atoms with van der Waals surface area (Å²) in [5.41, 5.74) is 0.754. The standard InChI is InChI=1S/C14H13F3N4O2.ClH/c15-14(16,17)13-20-11(21-23-13)9-1-3-10(4-2-9)12(22)19-7-8-5-18-6-8;/h1-4,8,18H,5-7H2,(H,19,22);1H. The molecule has 2 heterocycles. The normalized spacial score (nSPS) is 14.6. The van der Waals surface area contributed by atoms with Crippen LogP contribution in [0.5, 0.6) is 0 Å². The highest BCUT2D eigenvalue weighted by atomic mass is 35.5. The molecule has 1 aromatic heterocycles.